The summed E-state index contributed by atoms with van der Waals surface area (Å²) in [7, 11) is 0. The molecule has 19 heavy (non-hydrogen) atoms. The van der Waals surface area contributed by atoms with E-state index in [2.05, 4.69) is 24.3 Å². The molecule has 2 rings (SSSR count). The van der Waals surface area contributed by atoms with Gasteiger partial charge < -0.3 is 5.11 Å². The Labute approximate surface area is 123 Å². The molecule has 0 heterocycles. The van der Waals surface area contributed by atoms with Crippen molar-refractivity contribution in [1.29, 1.82) is 0 Å². The minimum Gasteiger partial charge on any atom is -0.391 e. The van der Waals surface area contributed by atoms with Crippen LogP contribution in [0.5, 0.6) is 0 Å². The third-order valence-electron chi connectivity index (χ3n) is 2.72. The highest BCUT2D eigenvalue weighted by molar-refractivity contribution is 8.17. The molecular weight excluding hydrogens is 272 g/mol. The Morgan fingerprint density at radius 1 is 0.842 bits per heavy atom. The molecule has 0 aliphatic heterocycles. The first-order chi connectivity index (χ1) is 9.29. The number of hydrogen-bond donors (Lipinski definition) is 1. The van der Waals surface area contributed by atoms with E-state index in [0.717, 1.165) is 6.42 Å². The molecule has 1 atom stereocenters. The van der Waals surface area contributed by atoms with Crippen molar-refractivity contribution in [3.8, 4) is 0 Å². The van der Waals surface area contributed by atoms with E-state index in [-0.39, 0.29) is 10.7 Å². The first kappa shape index (κ1) is 14.5. The van der Waals surface area contributed by atoms with Crippen LogP contribution < -0.4 is 0 Å². The van der Waals surface area contributed by atoms with Gasteiger partial charge in [0.25, 0.3) is 0 Å². The molecule has 0 bridgehead atoms. The maximum absolute atomic E-state index is 10.2. The van der Waals surface area contributed by atoms with Crippen molar-refractivity contribution >= 4 is 23.5 Å². The third kappa shape index (κ3) is 4.60. The Kier molecular flexibility index (Phi) is 5.83. The van der Waals surface area contributed by atoms with Gasteiger partial charge in [-0.15, -0.1) is 23.5 Å². The van der Waals surface area contributed by atoms with Crippen molar-refractivity contribution < 1.29 is 5.11 Å². The zero-order chi connectivity index (χ0) is 13.5. The van der Waals surface area contributed by atoms with Crippen LogP contribution in [-0.4, -0.2) is 15.8 Å². The van der Waals surface area contributed by atoms with Gasteiger partial charge in [0.2, 0.25) is 0 Å². The molecule has 1 N–H and O–H groups in total. The lowest BCUT2D eigenvalue weighted by molar-refractivity contribution is 0.188. The maximum Gasteiger partial charge on any atom is 0.0855 e. The average Bonchev–Trinajstić information content (AvgIpc) is 2.48. The van der Waals surface area contributed by atoms with E-state index in [1.807, 2.05) is 43.3 Å². The Hall–Kier alpha value is -0.900. The smallest absolute Gasteiger partial charge is 0.0855 e. The standard InChI is InChI=1S/C16H18OS2/c1-2-15(17)16(18-13-9-5-3-6-10-13)19-14-11-7-4-8-12-14/h3-12,15-17H,2H2,1H3. The van der Waals surface area contributed by atoms with Crippen molar-refractivity contribution in [2.75, 3.05) is 0 Å². The highest BCUT2D eigenvalue weighted by atomic mass is 32.2. The lowest BCUT2D eigenvalue weighted by Gasteiger charge is -2.21. The molecule has 0 aliphatic rings. The first-order valence-corrected chi connectivity index (χ1v) is 8.17. The molecule has 0 amide bonds. The second-order valence-electron chi connectivity index (χ2n) is 4.21. The average molecular weight is 290 g/mol. The molecule has 0 fully saturated rings. The SMILES string of the molecule is CCC(O)C(Sc1ccccc1)Sc1ccccc1. The van der Waals surface area contributed by atoms with Crippen molar-refractivity contribution in [1.82, 2.24) is 0 Å². The lowest BCUT2D eigenvalue weighted by atomic mass is 10.3. The summed E-state index contributed by atoms with van der Waals surface area (Å²) in [5.41, 5.74) is 0. The molecule has 0 radical (unpaired) electrons. The van der Waals surface area contributed by atoms with E-state index in [0.29, 0.717) is 0 Å². The number of benzene rings is 2. The molecule has 1 nitrogen and oxygen atoms in total. The van der Waals surface area contributed by atoms with Crippen LogP contribution in [0, 0.1) is 0 Å². The number of thioether (sulfide) groups is 2. The summed E-state index contributed by atoms with van der Waals surface area (Å²) in [5.74, 6) is 0. The fourth-order valence-corrected chi connectivity index (χ4v) is 4.36. The molecule has 0 saturated carbocycles. The van der Waals surface area contributed by atoms with Crippen molar-refractivity contribution in [3.63, 3.8) is 0 Å². The predicted molar refractivity (Wildman–Crippen MR) is 84.7 cm³/mol. The van der Waals surface area contributed by atoms with E-state index in [9.17, 15) is 5.11 Å². The van der Waals surface area contributed by atoms with Gasteiger partial charge in [-0.25, -0.2) is 0 Å². The summed E-state index contributed by atoms with van der Waals surface area (Å²) in [4.78, 5) is 2.40. The van der Waals surface area contributed by atoms with Gasteiger partial charge in [-0.1, -0.05) is 43.3 Å². The summed E-state index contributed by atoms with van der Waals surface area (Å²) >= 11 is 3.46. The van der Waals surface area contributed by atoms with Crippen molar-refractivity contribution in [2.45, 2.75) is 33.8 Å². The normalized spacial score (nSPS) is 12.6. The van der Waals surface area contributed by atoms with Crippen molar-refractivity contribution in [2.24, 2.45) is 0 Å². The summed E-state index contributed by atoms with van der Waals surface area (Å²) in [6.07, 6.45) is 0.458. The summed E-state index contributed by atoms with van der Waals surface area (Å²) in [6, 6.07) is 20.5. The second-order valence-corrected chi connectivity index (χ2v) is 6.93. The zero-order valence-electron chi connectivity index (χ0n) is 10.9. The van der Waals surface area contributed by atoms with Gasteiger partial charge in [0.05, 0.1) is 10.7 Å². The van der Waals surface area contributed by atoms with E-state index in [4.69, 9.17) is 0 Å². The second kappa shape index (κ2) is 7.63. The Morgan fingerprint density at radius 3 is 1.63 bits per heavy atom. The fraction of sp³-hybridized carbons (Fsp3) is 0.250. The fourth-order valence-electron chi connectivity index (χ4n) is 1.64. The Bertz CT molecular complexity index is 431. The van der Waals surface area contributed by atoms with E-state index < -0.39 is 0 Å². The predicted octanol–water partition coefficient (Wildman–Crippen LogP) is 4.67. The molecule has 0 aromatic heterocycles. The minimum atomic E-state index is -0.310. The number of aliphatic hydroxyl groups excluding tert-OH is 1. The number of aliphatic hydroxyl groups is 1. The molecule has 3 heteroatoms. The van der Waals surface area contributed by atoms with Gasteiger partial charge in [-0.2, -0.15) is 0 Å². The molecule has 0 spiro atoms. The van der Waals surface area contributed by atoms with Gasteiger partial charge in [0.1, 0.15) is 0 Å². The van der Waals surface area contributed by atoms with Crippen LogP contribution in [-0.2, 0) is 0 Å². The Balaban J connectivity index is 2.08. The van der Waals surface area contributed by atoms with E-state index >= 15 is 0 Å². The van der Waals surface area contributed by atoms with E-state index in [1.165, 1.54) is 9.79 Å². The maximum atomic E-state index is 10.2. The monoisotopic (exact) mass is 290 g/mol. The molecule has 1 unspecified atom stereocenters. The minimum absolute atomic E-state index is 0.120. The van der Waals surface area contributed by atoms with E-state index in [1.54, 1.807) is 23.5 Å². The van der Waals surface area contributed by atoms with Gasteiger partial charge in [0.15, 0.2) is 0 Å². The van der Waals surface area contributed by atoms with Gasteiger partial charge in [0, 0.05) is 9.79 Å². The molecule has 0 saturated heterocycles. The summed E-state index contributed by atoms with van der Waals surface area (Å²) in [5, 5.41) is 10.2. The quantitative estimate of drug-likeness (QED) is 0.617. The van der Waals surface area contributed by atoms with Crippen LogP contribution >= 0.6 is 23.5 Å². The topological polar surface area (TPSA) is 20.2 Å². The molecule has 0 aliphatic carbocycles. The third-order valence-corrected chi connectivity index (χ3v) is 5.48. The van der Waals surface area contributed by atoms with Gasteiger partial charge in [-0.3, -0.25) is 0 Å². The first-order valence-electron chi connectivity index (χ1n) is 6.41. The summed E-state index contributed by atoms with van der Waals surface area (Å²) in [6.45, 7) is 2.02. The molecule has 2 aromatic carbocycles. The van der Waals surface area contributed by atoms with Crippen LogP contribution in [0.2, 0.25) is 0 Å². The number of rotatable bonds is 6. The molecular formula is C16H18OS2. The van der Waals surface area contributed by atoms with Crippen LogP contribution in [0.1, 0.15) is 13.3 Å². The highest BCUT2D eigenvalue weighted by Crippen LogP contribution is 2.38. The largest absolute Gasteiger partial charge is 0.391 e. The Morgan fingerprint density at radius 2 is 1.26 bits per heavy atom. The zero-order valence-corrected chi connectivity index (χ0v) is 12.5. The lowest BCUT2D eigenvalue weighted by Crippen LogP contribution is -2.18. The van der Waals surface area contributed by atoms with Gasteiger partial charge >= 0.3 is 0 Å². The van der Waals surface area contributed by atoms with Gasteiger partial charge in [-0.05, 0) is 30.7 Å². The van der Waals surface area contributed by atoms with Crippen LogP contribution in [0.25, 0.3) is 0 Å². The highest BCUT2D eigenvalue weighted by Gasteiger charge is 2.20. The molecule has 2 aromatic rings. The summed E-state index contributed by atoms with van der Waals surface area (Å²) < 4.78 is 0.120. The number of hydrogen-bond acceptors (Lipinski definition) is 3. The molecule has 100 valence electrons. The van der Waals surface area contributed by atoms with Crippen molar-refractivity contribution in [3.05, 3.63) is 60.7 Å². The van der Waals surface area contributed by atoms with Crippen LogP contribution in [0.3, 0.4) is 0 Å². The van der Waals surface area contributed by atoms with Crippen LogP contribution in [0.4, 0.5) is 0 Å². The van der Waals surface area contributed by atoms with Crippen LogP contribution in [0.15, 0.2) is 70.5 Å².